The summed E-state index contributed by atoms with van der Waals surface area (Å²) in [6.07, 6.45) is 0. The maximum atomic E-state index is 6.41. The van der Waals surface area contributed by atoms with Gasteiger partial charge in [0.1, 0.15) is 16.9 Å². The molecule has 4 heteroatoms. The number of aromatic nitrogens is 3. The molecule has 232 valence electrons. The molecule has 3 heterocycles. The van der Waals surface area contributed by atoms with Gasteiger partial charge in [-0.15, -0.1) is 0 Å². The van der Waals surface area contributed by atoms with E-state index in [4.69, 9.17) is 14.4 Å². The van der Waals surface area contributed by atoms with Gasteiger partial charge in [0.05, 0.1) is 22.1 Å². The Bertz CT molecular complexity index is 3150. The molecule has 50 heavy (non-hydrogen) atoms. The van der Waals surface area contributed by atoms with Gasteiger partial charge in [0.15, 0.2) is 5.82 Å². The molecule has 0 atom stereocenters. The maximum absolute atomic E-state index is 6.41. The van der Waals surface area contributed by atoms with Gasteiger partial charge in [0, 0.05) is 38.1 Å². The molecule has 0 bridgehead atoms. The van der Waals surface area contributed by atoms with E-state index in [-0.39, 0.29) is 0 Å². The van der Waals surface area contributed by atoms with E-state index in [1.807, 2.05) is 36.4 Å². The molecule has 0 unspecified atom stereocenters. The Hall–Kier alpha value is -6.78. The third-order valence-electron chi connectivity index (χ3n) is 10.2. The topological polar surface area (TPSA) is 43.9 Å². The summed E-state index contributed by atoms with van der Waals surface area (Å²) in [6, 6.07) is 57.6. The predicted molar refractivity (Wildman–Crippen MR) is 207 cm³/mol. The molecule has 11 aromatic rings. The van der Waals surface area contributed by atoms with Gasteiger partial charge in [-0.2, -0.15) is 0 Å². The molecule has 11 rings (SSSR count). The van der Waals surface area contributed by atoms with Crippen molar-refractivity contribution in [3.05, 3.63) is 164 Å². The Morgan fingerprint density at radius 3 is 1.78 bits per heavy atom. The first-order chi connectivity index (χ1) is 24.8. The van der Waals surface area contributed by atoms with Crippen LogP contribution in [0.15, 0.2) is 168 Å². The fourth-order valence-corrected chi connectivity index (χ4v) is 8.09. The van der Waals surface area contributed by atoms with E-state index in [9.17, 15) is 0 Å². The van der Waals surface area contributed by atoms with E-state index in [0.717, 1.165) is 72.2 Å². The van der Waals surface area contributed by atoms with Crippen LogP contribution in [-0.4, -0.2) is 14.5 Å². The van der Waals surface area contributed by atoms with Crippen molar-refractivity contribution in [2.75, 3.05) is 0 Å². The molecule has 0 aliphatic rings. The molecule has 0 radical (unpaired) electrons. The normalized spacial score (nSPS) is 12.0. The van der Waals surface area contributed by atoms with Gasteiger partial charge in [-0.25, -0.2) is 9.97 Å². The van der Waals surface area contributed by atoms with E-state index in [1.165, 1.54) is 32.3 Å². The van der Waals surface area contributed by atoms with Crippen LogP contribution in [0.2, 0.25) is 0 Å². The lowest BCUT2D eigenvalue weighted by Crippen LogP contribution is -2.04. The van der Waals surface area contributed by atoms with Gasteiger partial charge in [-0.1, -0.05) is 140 Å². The van der Waals surface area contributed by atoms with Crippen LogP contribution >= 0.6 is 0 Å². The lowest BCUT2D eigenvalue weighted by Gasteiger charge is -2.17. The Kier molecular flexibility index (Phi) is 5.63. The van der Waals surface area contributed by atoms with Gasteiger partial charge in [0.2, 0.25) is 0 Å². The van der Waals surface area contributed by atoms with Crippen LogP contribution in [0.4, 0.5) is 0 Å². The molecule has 0 aliphatic heterocycles. The molecule has 0 aliphatic carbocycles. The van der Waals surface area contributed by atoms with Crippen molar-refractivity contribution in [1.29, 1.82) is 0 Å². The monoisotopic (exact) mass is 637 g/mol. The average molecular weight is 638 g/mol. The zero-order valence-corrected chi connectivity index (χ0v) is 26.8. The van der Waals surface area contributed by atoms with Gasteiger partial charge < -0.3 is 4.42 Å². The van der Waals surface area contributed by atoms with E-state index < -0.39 is 0 Å². The summed E-state index contributed by atoms with van der Waals surface area (Å²) in [5.74, 6) is 0.798. The van der Waals surface area contributed by atoms with Crippen molar-refractivity contribution in [3.63, 3.8) is 0 Å². The summed E-state index contributed by atoms with van der Waals surface area (Å²) >= 11 is 0. The molecule has 0 N–H and O–H groups in total. The molecule has 0 saturated heterocycles. The van der Waals surface area contributed by atoms with Crippen LogP contribution in [0.5, 0.6) is 0 Å². The van der Waals surface area contributed by atoms with Crippen molar-refractivity contribution in [3.8, 4) is 28.2 Å². The van der Waals surface area contributed by atoms with E-state index >= 15 is 0 Å². The first-order valence-corrected chi connectivity index (χ1v) is 16.9. The van der Waals surface area contributed by atoms with E-state index in [0.29, 0.717) is 0 Å². The first-order valence-electron chi connectivity index (χ1n) is 16.9. The molecule has 0 spiro atoms. The number of nitrogens with zero attached hydrogens (tertiary/aromatic N) is 3. The zero-order chi connectivity index (χ0) is 32.8. The van der Waals surface area contributed by atoms with Crippen LogP contribution in [0, 0.1) is 0 Å². The number of benzene rings is 8. The fraction of sp³-hybridized carbons (Fsp3) is 0. The van der Waals surface area contributed by atoms with Gasteiger partial charge in [0.25, 0.3) is 0 Å². The van der Waals surface area contributed by atoms with Crippen molar-refractivity contribution >= 4 is 76.3 Å². The minimum atomic E-state index is 0.798. The Labute approximate surface area is 286 Å². The number of furan rings is 1. The van der Waals surface area contributed by atoms with Crippen molar-refractivity contribution in [2.24, 2.45) is 0 Å². The molecule has 0 saturated carbocycles. The Morgan fingerprint density at radius 1 is 0.380 bits per heavy atom. The summed E-state index contributed by atoms with van der Waals surface area (Å²) in [5.41, 5.74) is 9.74. The van der Waals surface area contributed by atoms with Crippen LogP contribution in [0.1, 0.15) is 0 Å². The predicted octanol–water partition coefficient (Wildman–Crippen LogP) is 12.3. The highest BCUT2D eigenvalue weighted by Gasteiger charge is 2.25. The second kappa shape index (κ2) is 10.4. The minimum Gasteiger partial charge on any atom is -0.456 e. The zero-order valence-electron chi connectivity index (χ0n) is 26.8. The van der Waals surface area contributed by atoms with Crippen molar-refractivity contribution in [2.45, 2.75) is 0 Å². The minimum absolute atomic E-state index is 0.798. The fourth-order valence-electron chi connectivity index (χ4n) is 8.09. The lowest BCUT2D eigenvalue weighted by atomic mass is 9.95. The average Bonchev–Trinajstić information content (AvgIpc) is 3.75. The smallest absolute Gasteiger partial charge is 0.165 e. The second-order valence-corrected chi connectivity index (χ2v) is 12.9. The SMILES string of the molecule is c1ccc(-c2nc3ccccc3nc2-n2c3c(-c4cccc5oc6ccccc6c45)cccc3c3c4ccccc4c4ccccc4c32)cc1. The van der Waals surface area contributed by atoms with Crippen LogP contribution in [0.25, 0.3) is 105 Å². The summed E-state index contributed by atoms with van der Waals surface area (Å²) in [5, 5.41) is 9.40. The lowest BCUT2D eigenvalue weighted by molar-refractivity contribution is 0.669. The van der Waals surface area contributed by atoms with Crippen molar-refractivity contribution < 1.29 is 4.42 Å². The third kappa shape index (κ3) is 3.76. The highest BCUT2D eigenvalue weighted by atomic mass is 16.3. The van der Waals surface area contributed by atoms with Gasteiger partial charge in [-0.3, -0.25) is 4.57 Å². The maximum Gasteiger partial charge on any atom is 0.165 e. The summed E-state index contributed by atoms with van der Waals surface area (Å²) in [6.45, 7) is 0. The molecule has 8 aromatic carbocycles. The summed E-state index contributed by atoms with van der Waals surface area (Å²) < 4.78 is 8.81. The van der Waals surface area contributed by atoms with Crippen LogP contribution in [0.3, 0.4) is 0 Å². The van der Waals surface area contributed by atoms with Gasteiger partial charge >= 0.3 is 0 Å². The number of fused-ring (bicyclic) bond motifs is 12. The quantitative estimate of drug-likeness (QED) is 0.181. The number of hydrogen-bond donors (Lipinski definition) is 0. The first kappa shape index (κ1) is 27.2. The van der Waals surface area contributed by atoms with E-state index in [1.54, 1.807) is 0 Å². The van der Waals surface area contributed by atoms with E-state index in [2.05, 4.69) is 132 Å². The van der Waals surface area contributed by atoms with Crippen LogP contribution in [-0.2, 0) is 0 Å². The van der Waals surface area contributed by atoms with Crippen LogP contribution < -0.4 is 0 Å². The standard InChI is InChI=1S/C46H27N3O/c1-2-14-28(15-3-1)43-46(48-38-25-10-9-24-37(38)47-43)49-44-34(32-21-13-27-40-41(32)35-20-8-11-26-39(35)50-40)22-12-23-36(44)42-31-18-6-4-16-29(31)30-17-5-7-19-33(30)45(42)49/h1-27H. The van der Waals surface area contributed by atoms with Crippen molar-refractivity contribution in [1.82, 2.24) is 14.5 Å². The molecule has 3 aromatic heterocycles. The molecule has 0 fully saturated rings. The summed E-state index contributed by atoms with van der Waals surface area (Å²) in [4.78, 5) is 10.8. The second-order valence-electron chi connectivity index (χ2n) is 12.9. The number of hydrogen-bond acceptors (Lipinski definition) is 3. The van der Waals surface area contributed by atoms with Gasteiger partial charge in [-0.05, 0) is 46.0 Å². The molecule has 4 nitrogen and oxygen atoms in total. The highest BCUT2D eigenvalue weighted by Crippen LogP contribution is 2.47. The largest absolute Gasteiger partial charge is 0.456 e. The number of para-hydroxylation sites is 4. The molecule has 0 amide bonds. The Balaban J connectivity index is 1.42. The summed E-state index contributed by atoms with van der Waals surface area (Å²) in [7, 11) is 0. The third-order valence-corrected chi connectivity index (χ3v) is 10.2. The Morgan fingerprint density at radius 2 is 0.960 bits per heavy atom. The molecular formula is C46H27N3O. The molecular weight excluding hydrogens is 611 g/mol. The highest BCUT2D eigenvalue weighted by molar-refractivity contribution is 6.33. The number of rotatable bonds is 3.